The molecule has 96 valence electrons. The van der Waals surface area contributed by atoms with Crippen molar-refractivity contribution in [1.29, 1.82) is 0 Å². The second-order valence-electron chi connectivity index (χ2n) is 5.11. The van der Waals surface area contributed by atoms with Crippen LogP contribution in [-0.2, 0) is 16.8 Å². The van der Waals surface area contributed by atoms with E-state index in [0.29, 0.717) is 24.4 Å². The molecule has 1 atom stereocenters. The molecule has 1 aliphatic heterocycles. The Morgan fingerprint density at radius 3 is 2.88 bits per heavy atom. The van der Waals surface area contributed by atoms with Crippen LogP contribution in [0.15, 0.2) is 4.52 Å². The van der Waals surface area contributed by atoms with Gasteiger partial charge in [0.2, 0.25) is 5.89 Å². The first-order valence-corrected chi connectivity index (χ1v) is 5.86. The number of ether oxygens (including phenoxy) is 1. The zero-order valence-electron chi connectivity index (χ0n) is 10.6. The Balaban J connectivity index is 1.94. The lowest BCUT2D eigenvalue weighted by molar-refractivity contribution is 0.105. The standard InChI is InChI=1S/C11H20N4O2/c1-11(2,12)10-13-9(17-14-10)7-15-5-4-8(6-15)16-3/h8H,4-7,12H2,1-3H3. The molecule has 1 aromatic heterocycles. The van der Waals surface area contributed by atoms with Gasteiger partial charge in [-0.1, -0.05) is 5.16 Å². The molecule has 0 saturated carbocycles. The SMILES string of the molecule is COC1CCN(Cc2nc(C(C)(C)N)no2)C1. The Morgan fingerprint density at radius 2 is 2.35 bits per heavy atom. The zero-order chi connectivity index (χ0) is 12.5. The molecule has 0 aliphatic carbocycles. The third kappa shape index (κ3) is 3.02. The molecule has 1 saturated heterocycles. The maximum Gasteiger partial charge on any atom is 0.240 e. The summed E-state index contributed by atoms with van der Waals surface area (Å²) in [4.78, 5) is 6.56. The highest BCUT2D eigenvalue weighted by Gasteiger charge is 2.25. The van der Waals surface area contributed by atoms with E-state index in [9.17, 15) is 0 Å². The Kier molecular flexibility index (Phi) is 3.46. The van der Waals surface area contributed by atoms with Crippen molar-refractivity contribution in [3.8, 4) is 0 Å². The van der Waals surface area contributed by atoms with Crippen LogP contribution in [0.3, 0.4) is 0 Å². The first-order chi connectivity index (χ1) is 7.99. The minimum absolute atomic E-state index is 0.323. The molecule has 0 amide bonds. The van der Waals surface area contributed by atoms with Crippen LogP contribution in [0.4, 0.5) is 0 Å². The zero-order valence-corrected chi connectivity index (χ0v) is 10.6. The summed E-state index contributed by atoms with van der Waals surface area (Å²) in [5.74, 6) is 1.17. The van der Waals surface area contributed by atoms with Gasteiger partial charge in [0.15, 0.2) is 5.82 Å². The molecule has 2 heterocycles. The molecule has 1 unspecified atom stereocenters. The molecule has 6 heteroatoms. The van der Waals surface area contributed by atoms with Crippen molar-refractivity contribution in [3.05, 3.63) is 11.7 Å². The summed E-state index contributed by atoms with van der Waals surface area (Å²) in [6.45, 7) is 6.31. The monoisotopic (exact) mass is 240 g/mol. The number of likely N-dealkylation sites (tertiary alicyclic amines) is 1. The van der Waals surface area contributed by atoms with Crippen LogP contribution in [0.1, 0.15) is 32.0 Å². The van der Waals surface area contributed by atoms with E-state index in [1.54, 1.807) is 7.11 Å². The fraction of sp³-hybridized carbons (Fsp3) is 0.818. The molecule has 0 bridgehead atoms. The van der Waals surface area contributed by atoms with E-state index < -0.39 is 5.54 Å². The van der Waals surface area contributed by atoms with Crippen molar-refractivity contribution in [2.45, 2.75) is 38.5 Å². The quantitative estimate of drug-likeness (QED) is 0.825. The second kappa shape index (κ2) is 4.72. The fourth-order valence-electron chi connectivity index (χ4n) is 1.91. The van der Waals surface area contributed by atoms with Crippen LogP contribution in [0.2, 0.25) is 0 Å². The molecule has 1 aromatic rings. The van der Waals surface area contributed by atoms with Crippen molar-refractivity contribution in [2.24, 2.45) is 5.73 Å². The average molecular weight is 240 g/mol. The number of methoxy groups -OCH3 is 1. The van der Waals surface area contributed by atoms with E-state index in [2.05, 4.69) is 15.0 Å². The minimum atomic E-state index is -0.554. The normalized spacial score (nSPS) is 22.2. The summed E-state index contributed by atoms with van der Waals surface area (Å²) in [7, 11) is 1.75. The summed E-state index contributed by atoms with van der Waals surface area (Å²) in [5, 5.41) is 3.90. The molecule has 0 aromatic carbocycles. The van der Waals surface area contributed by atoms with Crippen LogP contribution >= 0.6 is 0 Å². The Morgan fingerprint density at radius 1 is 1.59 bits per heavy atom. The van der Waals surface area contributed by atoms with Gasteiger partial charge in [0.25, 0.3) is 0 Å². The van der Waals surface area contributed by atoms with Crippen LogP contribution in [0, 0.1) is 0 Å². The smallest absolute Gasteiger partial charge is 0.240 e. The van der Waals surface area contributed by atoms with Gasteiger partial charge in [-0.25, -0.2) is 0 Å². The van der Waals surface area contributed by atoms with Gasteiger partial charge in [-0.2, -0.15) is 4.98 Å². The van der Waals surface area contributed by atoms with E-state index in [1.165, 1.54) is 0 Å². The second-order valence-corrected chi connectivity index (χ2v) is 5.11. The number of aromatic nitrogens is 2. The Hall–Kier alpha value is -0.980. The lowest BCUT2D eigenvalue weighted by Crippen LogP contribution is -2.30. The van der Waals surface area contributed by atoms with E-state index >= 15 is 0 Å². The molecule has 0 radical (unpaired) electrons. The maximum atomic E-state index is 5.90. The lowest BCUT2D eigenvalue weighted by Gasteiger charge is -2.13. The first kappa shape index (κ1) is 12.5. The summed E-state index contributed by atoms with van der Waals surface area (Å²) < 4.78 is 10.5. The van der Waals surface area contributed by atoms with E-state index in [0.717, 1.165) is 19.5 Å². The van der Waals surface area contributed by atoms with Gasteiger partial charge in [-0.15, -0.1) is 0 Å². The maximum absolute atomic E-state index is 5.90. The highest BCUT2D eigenvalue weighted by Crippen LogP contribution is 2.17. The van der Waals surface area contributed by atoms with Gasteiger partial charge in [0.05, 0.1) is 18.2 Å². The number of nitrogens with zero attached hydrogens (tertiary/aromatic N) is 3. The van der Waals surface area contributed by atoms with Crippen LogP contribution in [-0.4, -0.2) is 41.3 Å². The van der Waals surface area contributed by atoms with Crippen molar-refractivity contribution in [3.63, 3.8) is 0 Å². The molecule has 0 spiro atoms. The van der Waals surface area contributed by atoms with Crippen molar-refractivity contribution < 1.29 is 9.26 Å². The van der Waals surface area contributed by atoms with Gasteiger partial charge in [-0.05, 0) is 20.3 Å². The summed E-state index contributed by atoms with van der Waals surface area (Å²) in [5.41, 5.74) is 5.35. The summed E-state index contributed by atoms with van der Waals surface area (Å²) in [6, 6.07) is 0. The predicted molar refractivity (Wildman–Crippen MR) is 62.2 cm³/mol. The van der Waals surface area contributed by atoms with E-state index in [-0.39, 0.29) is 0 Å². The highest BCUT2D eigenvalue weighted by molar-refractivity contribution is 4.99. The summed E-state index contributed by atoms with van der Waals surface area (Å²) >= 11 is 0. The van der Waals surface area contributed by atoms with Gasteiger partial charge >= 0.3 is 0 Å². The number of hydrogen-bond donors (Lipinski definition) is 1. The van der Waals surface area contributed by atoms with Crippen LogP contribution in [0.5, 0.6) is 0 Å². The number of hydrogen-bond acceptors (Lipinski definition) is 6. The van der Waals surface area contributed by atoms with E-state index in [4.69, 9.17) is 15.0 Å². The predicted octanol–water partition coefficient (Wildman–Crippen LogP) is 0.484. The minimum Gasteiger partial charge on any atom is -0.380 e. The first-order valence-electron chi connectivity index (χ1n) is 5.86. The molecule has 2 rings (SSSR count). The van der Waals surface area contributed by atoms with Gasteiger partial charge in [0.1, 0.15) is 0 Å². The summed E-state index contributed by atoms with van der Waals surface area (Å²) in [6.07, 6.45) is 1.38. The van der Waals surface area contributed by atoms with E-state index in [1.807, 2.05) is 13.8 Å². The number of rotatable bonds is 4. The molecule has 2 N–H and O–H groups in total. The topological polar surface area (TPSA) is 77.4 Å². The van der Waals surface area contributed by atoms with Crippen LogP contribution < -0.4 is 5.73 Å². The molecule has 6 nitrogen and oxygen atoms in total. The number of nitrogens with two attached hydrogens (primary N) is 1. The third-order valence-electron chi connectivity index (χ3n) is 2.97. The largest absolute Gasteiger partial charge is 0.380 e. The molecule has 1 fully saturated rings. The van der Waals surface area contributed by atoms with Crippen molar-refractivity contribution in [1.82, 2.24) is 15.0 Å². The van der Waals surface area contributed by atoms with Gasteiger partial charge in [0, 0.05) is 20.2 Å². The average Bonchev–Trinajstić information content (AvgIpc) is 2.86. The Labute approximate surface area is 101 Å². The van der Waals surface area contributed by atoms with Crippen molar-refractivity contribution in [2.75, 3.05) is 20.2 Å². The molecule has 17 heavy (non-hydrogen) atoms. The third-order valence-corrected chi connectivity index (χ3v) is 2.97. The van der Waals surface area contributed by atoms with Crippen LogP contribution in [0.25, 0.3) is 0 Å². The van der Waals surface area contributed by atoms with Crippen molar-refractivity contribution >= 4 is 0 Å². The molecule has 1 aliphatic rings. The fourth-order valence-corrected chi connectivity index (χ4v) is 1.91. The van der Waals surface area contributed by atoms with Gasteiger partial charge in [-0.3, -0.25) is 4.90 Å². The lowest BCUT2D eigenvalue weighted by atomic mass is 10.1. The van der Waals surface area contributed by atoms with Gasteiger partial charge < -0.3 is 15.0 Å². The molecular weight excluding hydrogens is 220 g/mol. The Bertz CT molecular complexity index is 372. The highest BCUT2D eigenvalue weighted by atomic mass is 16.5. The molecular formula is C11H20N4O2.